The number of aliphatic hydroxyl groups excluding tert-OH is 1. The van der Waals surface area contributed by atoms with Crippen molar-refractivity contribution in [2.24, 2.45) is 5.73 Å². The average molecular weight is 342 g/mol. The first-order valence-electron chi connectivity index (χ1n) is 8.80. The molecule has 0 unspecified atom stereocenters. The van der Waals surface area contributed by atoms with Crippen molar-refractivity contribution >= 4 is 5.91 Å². The zero-order valence-corrected chi connectivity index (χ0v) is 14.8. The Hall–Kier alpha value is -2.18. The van der Waals surface area contributed by atoms with Crippen molar-refractivity contribution in [2.45, 2.75) is 44.8 Å². The number of nitrogens with one attached hydrogen (secondary N) is 1. The van der Waals surface area contributed by atoms with Gasteiger partial charge in [0, 0.05) is 30.3 Å². The number of carbonyl (C=O) groups is 1. The fourth-order valence-corrected chi connectivity index (χ4v) is 3.50. The molecule has 1 aromatic carbocycles. The van der Waals surface area contributed by atoms with Crippen molar-refractivity contribution < 1.29 is 9.90 Å². The molecule has 0 spiro atoms. The van der Waals surface area contributed by atoms with Crippen molar-refractivity contribution in [3.8, 4) is 11.1 Å². The first-order valence-corrected chi connectivity index (χ1v) is 8.80. The molecule has 3 rings (SSSR count). The quantitative estimate of drug-likeness (QED) is 0.789. The van der Waals surface area contributed by atoms with Gasteiger partial charge in [-0.2, -0.15) is 5.10 Å². The highest BCUT2D eigenvalue weighted by atomic mass is 16.3. The molecule has 1 aromatic heterocycles. The van der Waals surface area contributed by atoms with Crippen LogP contribution in [0.4, 0.5) is 0 Å². The summed E-state index contributed by atoms with van der Waals surface area (Å²) in [5.41, 5.74) is 10.5. The van der Waals surface area contributed by atoms with Crippen LogP contribution in [0.2, 0.25) is 0 Å². The summed E-state index contributed by atoms with van der Waals surface area (Å²) >= 11 is 0. The Morgan fingerprint density at radius 1 is 1.32 bits per heavy atom. The zero-order chi connectivity index (χ0) is 18.0. The predicted molar refractivity (Wildman–Crippen MR) is 97.0 cm³/mol. The molecule has 0 radical (unpaired) electrons. The molecule has 2 heterocycles. The number of rotatable bonds is 4. The number of hydrogen-bond donors (Lipinski definition) is 3. The fraction of sp³-hybridized carbons (Fsp3) is 0.474. The topological polar surface area (TPSA) is 95.2 Å². The SMILES string of the molecule is Cc1ccccc1-c1cn[nH]c1C1CCN(C(=O)[C@@H](N)[C@@H](C)O)CC1. The normalized spacial score (nSPS) is 18.2. The van der Waals surface area contributed by atoms with E-state index in [1.165, 1.54) is 11.1 Å². The first-order chi connectivity index (χ1) is 12.0. The number of aromatic amines is 1. The molecule has 0 bridgehead atoms. The summed E-state index contributed by atoms with van der Waals surface area (Å²) in [5, 5.41) is 17.0. The summed E-state index contributed by atoms with van der Waals surface area (Å²) in [6, 6.07) is 7.45. The van der Waals surface area contributed by atoms with Gasteiger partial charge in [-0.25, -0.2) is 0 Å². The Morgan fingerprint density at radius 3 is 2.64 bits per heavy atom. The maximum atomic E-state index is 12.3. The number of amides is 1. The van der Waals surface area contributed by atoms with Crippen LogP contribution >= 0.6 is 0 Å². The minimum absolute atomic E-state index is 0.169. The van der Waals surface area contributed by atoms with Gasteiger partial charge in [0.2, 0.25) is 5.91 Å². The van der Waals surface area contributed by atoms with Gasteiger partial charge >= 0.3 is 0 Å². The lowest BCUT2D eigenvalue weighted by Crippen LogP contribution is -2.51. The van der Waals surface area contributed by atoms with Gasteiger partial charge in [-0.1, -0.05) is 24.3 Å². The Bertz CT molecular complexity index is 733. The van der Waals surface area contributed by atoms with Crippen LogP contribution in [0.3, 0.4) is 0 Å². The highest BCUT2D eigenvalue weighted by Gasteiger charge is 2.30. The highest BCUT2D eigenvalue weighted by Crippen LogP contribution is 2.35. The summed E-state index contributed by atoms with van der Waals surface area (Å²) in [7, 11) is 0. The number of piperidine rings is 1. The van der Waals surface area contributed by atoms with Crippen molar-refractivity contribution in [2.75, 3.05) is 13.1 Å². The van der Waals surface area contributed by atoms with E-state index in [2.05, 4.69) is 29.3 Å². The van der Waals surface area contributed by atoms with Gasteiger partial charge in [-0.05, 0) is 37.8 Å². The Labute approximate surface area is 148 Å². The number of carbonyl (C=O) groups excluding carboxylic acids is 1. The van der Waals surface area contributed by atoms with E-state index >= 15 is 0 Å². The third-order valence-corrected chi connectivity index (χ3v) is 5.12. The lowest BCUT2D eigenvalue weighted by molar-refractivity contribution is -0.135. The number of nitrogens with zero attached hydrogens (tertiary/aromatic N) is 2. The van der Waals surface area contributed by atoms with Crippen molar-refractivity contribution in [3.05, 3.63) is 41.7 Å². The fourth-order valence-electron chi connectivity index (χ4n) is 3.50. The lowest BCUT2D eigenvalue weighted by atomic mass is 9.88. The molecule has 0 saturated carbocycles. The van der Waals surface area contributed by atoms with Crippen molar-refractivity contribution in [3.63, 3.8) is 0 Å². The van der Waals surface area contributed by atoms with Crippen LogP contribution < -0.4 is 5.73 Å². The molecule has 4 N–H and O–H groups in total. The monoisotopic (exact) mass is 342 g/mol. The largest absolute Gasteiger partial charge is 0.391 e. The molecule has 1 saturated heterocycles. The molecule has 0 aliphatic carbocycles. The van der Waals surface area contributed by atoms with Gasteiger partial charge in [0.25, 0.3) is 0 Å². The summed E-state index contributed by atoms with van der Waals surface area (Å²) < 4.78 is 0. The van der Waals surface area contributed by atoms with Crippen LogP contribution in [-0.2, 0) is 4.79 Å². The van der Waals surface area contributed by atoms with E-state index < -0.39 is 12.1 Å². The maximum absolute atomic E-state index is 12.3. The number of aryl methyl sites for hydroxylation is 1. The lowest BCUT2D eigenvalue weighted by Gasteiger charge is -2.34. The van der Waals surface area contributed by atoms with E-state index in [-0.39, 0.29) is 5.91 Å². The number of nitrogens with two attached hydrogens (primary N) is 1. The average Bonchev–Trinajstić information content (AvgIpc) is 3.10. The van der Waals surface area contributed by atoms with Gasteiger partial charge in [-0.3, -0.25) is 9.89 Å². The number of benzene rings is 1. The van der Waals surface area contributed by atoms with Gasteiger partial charge in [0.15, 0.2) is 0 Å². The highest BCUT2D eigenvalue weighted by molar-refractivity contribution is 5.82. The van der Waals surface area contributed by atoms with E-state index in [9.17, 15) is 9.90 Å². The van der Waals surface area contributed by atoms with E-state index in [1.54, 1.807) is 11.8 Å². The number of aliphatic hydroxyl groups is 1. The Kier molecular flexibility index (Phi) is 5.20. The second-order valence-electron chi connectivity index (χ2n) is 6.88. The van der Waals surface area contributed by atoms with E-state index in [4.69, 9.17) is 5.73 Å². The number of H-pyrrole nitrogens is 1. The molecule has 2 aromatic rings. The van der Waals surface area contributed by atoms with Crippen molar-refractivity contribution in [1.29, 1.82) is 0 Å². The predicted octanol–water partition coefficient (Wildman–Crippen LogP) is 1.80. The third kappa shape index (κ3) is 3.60. The maximum Gasteiger partial charge on any atom is 0.242 e. The first kappa shape index (κ1) is 17.6. The molecule has 1 aliphatic rings. The third-order valence-electron chi connectivity index (χ3n) is 5.12. The second kappa shape index (κ2) is 7.37. The minimum Gasteiger partial charge on any atom is -0.391 e. The van der Waals surface area contributed by atoms with E-state index in [0.717, 1.165) is 24.1 Å². The summed E-state index contributed by atoms with van der Waals surface area (Å²) in [6.45, 7) is 4.95. The molecule has 134 valence electrons. The summed E-state index contributed by atoms with van der Waals surface area (Å²) in [4.78, 5) is 14.0. The molecule has 1 amide bonds. The minimum atomic E-state index is -0.841. The second-order valence-corrected chi connectivity index (χ2v) is 6.88. The van der Waals surface area contributed by atoms with Crippen LogP contribution in [0.1, 0.15) is 36.9 Å². The smallest absolute Gasteiger partial charge is 0.242 e. The molecular formula is C19H26N4O2. The molecule has 6 nitrogen and oxygen atoms in total. The Balaban J connectivity index is 1.72. The molecular weight excluding hydrogens is 316 g/mol. The van der Waals surface area contributed by atoms with Gasteiger partial charge < -0.3 is 15.7 Å². The number of likely N-dealkylation sites (tertiary alicyclic amines) is 1. The molecule has 6 heteroatoms. The Morgan fingerprint density at radius 2 is 2.00 bits per heavy atom. The van der Waals surface area contributed by atoms with Gasteiger partial charge in [0.1, 0.15) is 6.04 Å². The molecule has 1 fully saturated rings. The standard InChI is InChI=1S/C19H26N4O2/c1-12-5-3-4-6-15(12)16-11-21-22-18(16)14-7-9-23(10-8-14)19(25)17(20)13(2)24/h3-6,11,13-14,17,24H,7-10,20H2,1-2H3,(H,21,22)/t13-,17+/m1/s1. The van der Waals surface area contributed by atoms with E-state index in [0.29, 0.717) is 19.0 Å². The van der Waals surface area contributed by atoms with Crippen LogP contribution in [-0.4, -0.2) is 51.3 Å². The van der Waals surface area contributed by atoms with Gasteiger partial charge in [-0.15, -0.1) is 0 Å². The van der Waals surface area contributed by atoms with Crippen LogP contribution in [0.25, 0.3) is 11.1 Å². The van der Waals surface area contributed by atoms with Crippen LogP contribution in [0.15, 0.2) is 30.5 Å². The number of hydrogen-bond acceptors (Lipinski definition) is 4. The number of aromatic nitrogens is 2. The van der Waals surface area contributed by atoms with Crippen molar-refractivity contribution in [1.82, 2.24) is 15.1 Å². The molecule has 2 atom stereocenters. The zero-order valence-electron chi connectivity index (χ0n) is 14.8. The molecule has 1 aliphatic heterocycles. The van der Waals surface area contributed by atoms with Crippen LogP contribution in [0, 0.1) is 6.92 Å². The van der Waals surface area contributed by atoms with E-state index in [1.807, 2.05) is 18.3 Å². The van der Waals surface area contributed by atoms with Gasteiger partial charge in [0.05, 0.1) is 12.3 Å². The summed E-state index contributed by atoms with van der Waals surface area (Å²) in [6.07, 6.45) is 2.78. The van der Waals surface area contributed by atoms with Crippen LogP contribution in [0.5, 0.6) is 0 Å². The molecule has 25 heavy (non-hydrogen) atoms. The summed E-state index contributed by atoms with van der Waals surface area (Å²) in [5.74, 6) is 0.168.